The Kier molecular flexibility index (Phi) is 4.98. The van der Waals surface area contributed by atoms with Gasteiger partial charge in [-0.25, -0.2) is 17.9 Å². The van der Waals surface area contributed by atoms with Crippen LogP contribution < -0.4 is 10.0 Å². The van der Waals surface area contributed by atoms with Gasteiger partial charge in [0, 0.05) is 18.1 Å². The van der Waals surface area contributed by atoms with E-state index >= 15 is 0 Å². The second-order valence-corrected chi connectivity index (χ2v) is 7.42. The molecule has 116 valence electrons. The number of amides is 2. The summed E-state index contributed by atoms with van der Waals surface area (Å²) in [6.45, 7) is 2.98. The Morgan fingerprint density at radius 1 is 1.35 bits per heavy atom. The van der Waals surface area contributed by atoms with Gasteiger partial charge in [0.25, 0.3) is 0 Å². The van der Waals surface area contributed by atoms with E-state index in [1.807, 2.05) is 0 Å². The average molecular weight is 307 g/mol. The normalized spacial score (nSPS) is 15.8. The topological polar surface area (TPSA) is 116 Å². The number of sulfonamides is 1. The third-order valence-electron chi connectivity index (χ3n) is 2.70. The molecule has 0 atom stereocenters. The van der Waals surface area contributed by atoms with Crippen molar-refractivity contribution in [1.29, 1.82) is 0 Å². The molecular weight excluding hydrogens is 286 g/mol. The molecule has 0 radical (unpaired) electrons. The second-order valence-electron chi connectivity index (χ2n) is 5.67. The predicted molar refractivity (Wildman–Crippen MR) is 72.8 cm³/mol. The molecule has 0 unspecified atom stereocenters. The zero-order chi connectivity index (χ0) is 15.6. The first-order valence-corrected chi connectivity index (χ1v) is 8.14. The van der Waals surface area contributed by atoms with Gasteiger partial charge in [0.15, 0.2) is 0 Å². The van der Waals surface area contributed by atoms with E-state index in [4.69, 9.17) is 5.11 Å². The number of nitrogens with one attached hydrogen (secondary N) is 2. The summed E-state index contributed by atoms with van der Waals surface area (Å²) < 4.78 is 24.8. The van der Waals surface area contributed by atoms with Gasteiger partial charge >= 0.3 is 12.0 Å². The highest BCUT2D eigenvalue weighted by Crippen LogP contribution is 2.26. The third-order valence-corrected chi connectivity index (χ3v) is 3.62. The molecule has 1 fully saturated rings. The smallest absolute Gasteiger partial charge is 0.323 e. The monoisotopic (exact) mass is 307 g/mol. The molecule has 3 N–H and O–H groups in total. The van der Waals surface area contributed by atoms with Crippen LogP contribution in [0.5, 0.6) is 0 Å². The van der Waals surface area contributed by atoms with E-state index in [9.17, 15) is 18.0 Å². The molecule has 0 bridgehead atoms. The molecule has 0 spiro atoms. The van der Waals surface area contributed by atoms with Crippen LogP contribution in [0.2, 0.25) is 0 Å². The quantitative estimate of drug-likeness (QED) is 0.590. The number of hydrogen-bond donors (Lipinski definition) is 3. The molecule has 2 amide bonds. The van der Waals surface area contributed by atoms with Crippen molar-refractivity contribution in [3.8, 4) is 0 Å². The summed E-state index contributed by atoms with van der Waals surface area (Å²) in [6, 6.07) is -0.518. The minimum absolute atomic E-state index is 0.0305. The fourth-order valence-electron chi connectivity index (χ4n) is 1.83. The maximum absolute atomic E-state index is 11.9. The van der Waals surface area contributed by atoms with Crippen LogP contribution in [0.15, 0.2) is 0 Å². The van der Waals surface area contributed by atoms with Crippen molar-refractivity contribution < 1.29 is 23.1 Å². The standard InChI is InChI=1S/C11H21N3O5S/c1-11(2,13-20(3,18)19)7-12-10(17)14(6-9(15)16)8-4-5-8/h8,13H,4-7H2,1-3H3,(H,12,17)(H,15,16). The van der Waals surface area contributed by atoms with Gasteiger partial charge in [-0.15, -0.1) is 0 Å². The fraction of sp³-hybridized carbons (Fsp3) is 0.818. The average Bonchev–Trinajstić information content (AvgIpc) is 3.02. The second kappa shape index (κ2) is 5.96. The van der Waals surface area contributed by atoms with Gasteiger partial charge in [-0.3, -0.25) is 4.79 Å². The lowest BCUT2D eigenvalue weighted by molar-refractivity contribution is -0.137. The van der Waals surface area contributed by atoms with Gasteiger partial charge in [-0.2, -0.15) is 0 Å². The van der Waals surface area contributed by atoms with Gasteiger partial charge in [0.1, 0.15) is 6.54 Å². The SMILES string of the molecule is CC(C)(CNC(=O)N(CC(=O)O)C1CC1)NS(C)(=O)=O. The number of carbonyl (C=O) groups is 2. The molecule has 1 rings (SSSR count). The number of carbonyl (C=O) groups excluding carboxylic acids is 1. The summed E-state index contributed by atoms with van der Waals surface area (Å²) in [5.41, 5.74) is -0.846. The molecule has 0 aromatic carbocycles. The number of carboxylic acids is 1. The van der Waals surface area contributed by atoms with Gasteiger partial charge < -0.3 is 15.3 Å². The first-order chi connectivity index (χ1) is 9.00. The number of hydrogen-bond acceptors (Lipinski definition) is 4. The van der Waals surface area contributed by atoms with Crippen LogP contribution in [-0.4, -0.2) is 61.4 Å². The Balaban J connectivity index is 2.54. The van der Waals surface area contributed by atoms with E-state index in [0.717, 1.165) is 19.1 Å². The van der Waals surface area contributed by atoms with E-state index in [2.05, 4.69) is 10.0 Å². The summed E-state index contributed by atoms with van der Waals surface area (Å²) in [6.07, 6.45) is 2.63. The molecule has 9 heteroatoms. The van der Waals surface area contributed by atoms with E-state index in [1.165, 1.54) is 4.90 Å². The van der Waals surface area contributed by atoms with Crippen molar-refractivity contribution in [3.63, 3.8) is 0 Å². The number of rotatable bonds is 7. The third kappa shape index (κ3) is 6.20. The number of aliphatic carboxylic acids is 1. The molecule has 0 aromatic rings. The molecule has 0 saturated heterocycles. The van der Waals surface area contributed by atoms with Crippen LogP contribution in [0.4, 0.5) is 4.79 Å². The van der Waals surface area contributed by atoms with Crippen molar-refractivity contribution >= 4 is 22.0 Å². The summed E-state index contributed by atoms with van der Waals surface area (Å²) >= 11 is 0. The Labute approximate surface area is 118 Å². The van der Waals surface area contributed by atoms with E-state index in [1.54, 1.807) is 13.8 Å². The van der Waals surface area contributed by atoms with Gasteiger partial charge in [-0.05, 0) is 26.7 Å². The first kappa shape index (κ1) is 16.7. The van der Waals surface area contributed by atoms with Crippen molar-refractivity contribution in [3.05, 3.63) is 0 Å². The minimum atomic E-state index is -3.38. The summed E-state index contributed by atoms with van der Waals surface area (Å²) in [5, 5.41) is 11.3. The Bertz CT molecular complexity index is 484. The van der Waals surface area contributed by atoms with Gasteiger partial charge in [0.05, 0.1) is 6.26 Å². The summed E-state index contributed by atoms with van der Waals surface area (Å²) in [4.78, 5) is 23.9. The van der Waals surface area contributed by atoms with E-state index in [0.29, 0.717) is 0 Å². The highest BCUT2D eigenvalue weighted by molar-refractivity contribution is 7.88. The highest BCUT2D eigenvalue weighted by atomic mass is 32.2. The zero-order valence-corrected chi connectivity index (χ0v) is 12.7. The molecule has 8 nitrogen and oxygen atoms in total. The van der Waals surface area contributed by atoms with Crippen molar-refractivity contribution in [2.24, 2.45) is 0 Å². The van der Waals surface area contributed by atoms with Crippen molar-refractivity contribution in [1.82, 2.24) is 14.9 Å². The van der Waals surface area contributed by atoms with Crippen LogP contribution in [0.3, 0.4) is 0 Å². The number of carboxylic acid groups (broad SMARTS) is 1. The maximum Gasteiger partial charge on any atom is 0.323 e. The Morgan fingerprint density at radius 2 is 1.90 bits per heavy atom. The molecule has 1 saturated carbocycles. The predicted octanol–water partition coefficient (Wildman–Crippen LogP) is -0.427. The first-order valence-electron chi connectivity index (χ1n) is 6.25. The lowest BCUT2D eigenvalue weighted by Crippen LogP contribution is -2.54. The largest absolute Gasteiger partial charge is 0.480 e. The molecule has 1 aliphatic carbocycles. The molecule has 0 aromatic heterocycles. The molecule has 0 aliphatic heterocycles. The van der Waals surface area contributed by atoms with E-state index in [-0.39, 0.29) is 19.1 Å². The van der Waals surface area contributed by atoms with Crippen LogP contribution in [0.25, 0.3) is 0 Å². The van der Waals surface area contributed by atoms with E-state index < -0.39 is 27.6 Å². The van der Waals surface area contributed by atoms with Crippen LogP contribution >= 0.6 is 0 Å². The minimum Gasteiger partial charge on any atom is -0.480 e. The number of urea groups is 1. The van der Waals surface area contributed by atoms with Crippen LogP contribution in [-0.2, 0) is 14.8 Å². The highest BCUT2D eigenvalue weighted by Gasteiger charge is 2.34. The molecule has 0 heterocycles. The fourth-order valence-corrected chi connectivity index (χ4v) is 2.91. The lowest BCUT2D eigenvalue weighted by Gasteiger charge is -2.27. The molecule has 20 heavy (non-hydrogen) atoms. The Hall–Kier alpha value is -1.35. The zero-order valence-electron chi connectivity index (χ0n) is 11.8. The van der Waals surface area contributed by atoms with Crippen LogP contribution in [0.1, 0.15) is 26.7 Å². The lowest BCUT2D eigenvalue weighted by atomic mass is 10.1. The van der Waals surface area contributed by atoms with Gasteiger partial charge in [0.2, 0.25) is 10.0 Å². The van der Waals surface area contributed by atoms with Crippen LogP contribution in [0, 0.1) is 0 Å². The summed E-state index contributed by atoms with van der Waals surface area (Å²) in [5.74, 6) is -1.07. The van der Waals surface area contributed by atoms with Crippen molar-refractivity contribution in [2.45, 2.75) is 38.3 Å². The number of nitrogens with zero attached hydrogens (tertiary/aromatic N) is 1. The summed E-state index contributed by atoms with van der Waals surface area (Å²) in [7, 11) is -3.38. The van der Waals surface area contributed by atoms with Gasteiger partial charge in [-0.1, -0.05) is 0 Å². The molecular formula is C11H21N3O5S. The maximum atomic E-state index is 11.9. The Morgan fingerprint density at radius 3 is 2.30 bits per heavy atom. The van der Waals surface area contributed by atoms with Crippen molar-refractivity contribution in [2.75, 3.05) is 19.3 Å². The molecule has 1 aliphatic rings.